The summed E-state index contributed by atoms with van der Waals surface area (Å²) in [4.78, 5) is 13.5. The van der Waals surface area contributed by atoms with E-state index in [0.29, 0.717) is 18.9 Å². The molecule has 0 N–H and O–H groups in total. The molecule has 10 heteroatoms. The lowest BCUT2D eigenvalue weighted by atomic mass is 10.1. The van der Waals surface area contributed by atoms with Gasteiger partial charge in [-0.05, 0) is 30.2 Å². The summed E-state index contributed by atoms with van der Waals surface area (Å²) in [5, 5.41) is -0.560. The number of rotatable bonds is 5. The summed E-state index contributed by atoms with van der Waals surface area (Å²) in [5.41, 5.74) is -0.157. The molecule has 0 unspecified atom stereocenters. The third kappa shape index (κ3) is 5.14. The summed E-state index contributed by atoms with van der Waals surface area (Å²) in [6.45, 7) is 0.409. The molecule has 0 saturated carbocycles. The normalized spacial score (nSPS) is 15.9. The zero-order valence-electron chi connectivity index (χ0n) is 15.9. The minimum absolute atomic E-state index is 0.0172. The first-order valence-electron chi connectivity index (χ1n) is 9.27. The SMILES string of the molecule is O=C(CCc1ccccc1)N1CCN(S(=O)(=O)c2ccc(Cl)c(C(F)(F)F)c2)CC1. The monoisotopic (exact) mass is 460 g/mol. The van der Waals surface area contributed by atoms with Crippen LogP contribution in [-0.4, -0.2) is 49.7 Å². The van der Waals surface area contributed by atoms with E-state index in [1.54, 1.807) is 4.90 Å². The van der Waals surface area contributed by atoms with Crippen LogP contribution in [0.4, 0.5) is 13.2 Å². The number of benzene rings is 2. The molecule has 162 valence electrons. The number of alkyl halides is 3. The third-order valence-corrected chi connectivity index (χ3v) is 7.17. The topological polar surface area (TPSA) is 57.7 Å². The molecule has 0 aromatic heterocycles. The summed E-state index contributed by atoms with van der Waals surface area (Å²) < 4.78 is 65.8. The second kappa shape index (κ2) is 8.95. The van der Waals surface area contributed by atoms with Crippen LogP contribution in [0.1, 0.15) is 17.5 Å². The fourth-order valence-corrected chi connectivity index (χ4v) is 4.94. The van der Waals surface area contributed by atoms with Gasteiger partial charge in [0.1, 0.15) is 0 Å². The van der Waals surface area contributed by atoms with Crippen LogP contribution in [0.25, 0.3) is 0 Å². The van der Waals surface area contributed by atoms with Crippen molar-refractivity contribution in [3.63, 3.8) is 0 Å². The van der Waals surface area contributed by atoms with Crippen LogP contribution >= 0.6 is 11.6 Å². The van der Waals surface area contributed by atoms with Gasteiger partial charge < -0.3 is 4.90 Å². The lowest BCUT2D eigenvalue weighted by Gasteiger charge is -2.34. The molecule has 0 radical (unpaired) electrons. The first-order chi connectivity index (χ1) is 14.1. The van der Waals surface area contributed by atoms with Crippen molar-refractivity contribution in [1.82, 2.24) is 9.21 Å². The molecule has 1 saturated heterocycles. The van der Waals surface area contributed by atoms with Gasteiger partial charge in [0.05, 0.1) is 15.5 Å². The molecule has 2 aromatic rings. The van der Waals surface area contributed by atoms with E-state index in [0.717, 1.165) is 22.0 Å². The summed E-state index contributed by atoms with van der Waals surface area (Å²) >= 11 is 5.57. The maximum Gasteiger partial charge on any atom is 0.417 e. The lowest BCUT2D eigenvalue weighted by molar-refractivity contribution is -0.137. The molecular formula is C20H20ClF3N2O3S. The van der Waals surface area contributed by atoms with Gasteiger partial charge in [0.2, 0.25) is 15.9 Å². The first-order valence-corrected chi connectivity index (χ1v) is 11.1. The van der Waals surface area contributed by atoms with E-state index in [9.17, 15) is 26.4 Å². The van der Waals surface area contributed by atoms with E-state index in [2.05, 4.69) is 0 Å². The number of piperazine rings is 1. The predicted molar refractivity (Wildman–Crippen MR) is 107 cm³/mol. The van der Waals surface area contributed by atoms with Crippen molar-refractivity contribution in [3.8, 4) is 0 Å². The Labute approximate surface area is 178 Å². The Kier molecular flexibility index (Phi) is 6.74. The minimum atomic E-state index is -4.76. The number of hydrogen-bond donors (Lipinski definition) is 0. The standard InChI is InChI=1S/C20H20ClF3N2O3S/c21-18-8-7-16(14-17(18)20(22,23)24)30(28,29)26-12-10-25(11-13-26)19(27)9-6-15-4-2-1-3-5-15/h1-5,7-8,14H,6,9-13H2. The van der Waals surface area contributed by atoms with E-state index < -0.39 is 31.7 Å². The van der Waals surface area contributed by atoms with Gasteiger partial charge in [-0.3, -0.25) is 4.79 Å². The van der Waals surface area contributed by atoms with Gasteiger partial charge in [0.15, 0.2) is 0 Å². The van der Waals surface area contributed by atoms with Crippen molar-refractivity contribution in [1.29, 1.82) is 0 Å². The van der Waals surface area contributed by atoms with E-state index in [1.165, 1.54) is 0 Å². The average Bonchev–Trinajstić information content (AvgIpc) is 2.72. The zero-order chi connectivity index (χ0) is 21.9. The zero-order valence-corrected chi connectivity index (χ0v) is 17.5. The molecule has 0 spiro atoms. The van der Waals surface area contributed by atoms with Crippen molar-refractivity contribution < 1.29 is 26.4 Å². The molecule has 1 aliphatic rings. The molecule has 1 amide bonds. The number of carbonyl (C=O) groups excluding carboxylic acids is 1. The Morgan fingerprint density at radius 3 is 2.23 bits per heavy atom. The Morgan fingerprint density at radius 2 is 1.63 bits per heavy atom. The second-order valence-electron chi connectivity index (χ2n) is 6.91. The summed E-state index contributed by atoms with van der Waals surface area (Å²) in [6, 6.07) is 12.1. The number of carbonyl (C=O) groups is 1. The van der Waals surface area contributed by atoms with Crippen LogP contribution in [0.15, 0.2) is 53.4 Å². The van der Waals surface area contributed by atoms with Crippen molar-refractivity contribution in [2.45, 2.75) is 23.9 Å². The van der Waals surface area contributed by atoms with Crippen molar-refractivity contribution >= 4 is 27.5 Å². The van der Waals surface area contributed by atoms with E-state index in [4.69, 9.17) is 11.6 Å². The minimum Gasteiger partial charge on any atom is -0.340 e. The second-order valence-corrected chi connectivity index (χ2v) is 9.26. The Balaban J connectivity index is 1.63. The van der Waals surface area contributed by atoms with Gasteiger partial charge in [-0.25, -0.2) is 8.42 Å². The highest BCUT2D eigenvalue weighted by molar-refractivity contribution is 7.89. The summed E-state index contributed by atoms with van der Waals surface area (Å²) in [6.07, 6.45) is -3.86. The van der Waals surface area contributed by atoms with Crippen LogP contribution in [0.2, 0.25) is 5.02 Å². The Bertz CT molecular complexity index is 1010. The third-order valence-electron chi connectivity index (χ3n) is 4.94. The molecular weight excluding hydrogens is 441 g/mol. The Hall–Kier alpha value is -2.10. The number of halogens is 4. The van der Waals surface area contributed by atoms with Gasteiger partial charge in [0, 0.05) is 32.6 Å². The highest BCUT2D eigenvalue weighted by Gasteiger charge is 2.36. The van der Waals surface area contributed by atoms with E-state index in [-0.39, 0.29) is 32.1 Å². The largest absolute Gasteiger partial charge is 0.417 e. The molecule has 1 heterocycles. The van der Waals surface area contributed by atoms with E-state index in [1.807, 2.05) is 30.3 Å². The van der Waals surface area contributed by atoms with Crippen LogP contribution in [-0.2, 0) is 27.4 Å². The van der Waals surface area contributed by atoms with Crippen molar-refractivity contribution in [3.05, 3.63) is 64.7 Å². The first kappa shape index (κ1) is 22.6. The van der Waals surface area contributed by atoms with Gasteiger partial charge in [-0.15, -0.1) is 0 Å². The van der Waals surface area contributed by atoms with Crippen LogP contribution < -0.4 is 0 Å². The summed E-state index contributed by atoms with van der Waals surface area (Å²) in [5.74, 6) is -0.0817. The van der Waals surface area contributed by atoms with Crippen molar-refractivity contribution in [2.75, 3.05) is 26.2 Å². The highest BCUT2D eigenvalue weighted by atomic mass is 35.5. The quantitative estimate of drug-likeness (QED) is 0.681. The molecule has 3 rings (SSSR count). The molecule has 30 heavy (non-hydrogen) atoms. The maximum absolute atomic E-state index is 13.1. The van der Waals surface area contributed by atoms with Gasteiger partial charge in [-0.2, -0.15) is 17.5 Å². The predicted octanol–water partition coefficient (Wildman–Crippen LogP) is 3.82. The number of sulfonamides is 1. The smallest absolute Gasteiger partial charge is 0.340 e. The molecule has 5 nitrogen and oxygen atoms in total. The number of nitrogens with zero attached hydrogens (tertiary/aromatic N) is 2. The van der Waals surface area contributed by atoms with Gasteiger partial charge >= 0.3 is 6.18 Å². The maximum atomic E-state index is 13.1. The van der Waals surface area contributed by atoms with Gasteiger partial charge in [0.25, 0.3) is 0 Å². The molecule has 1 fully saturated rings. The number of aryl methyl sites for hydroxylation is 1. The average molecular weight is 461 g/mol. The number of hydrogen-bond acceptors (Lipinski definition) is 3. The highest BCUT2D eigenvalue weighted by Crippen LogP contribution is 2.36. The van der Waals surface area contributed by atoms with Crippen molar-refractivity contribution in [2.24, 2.45) is 0 Å². The fourth-order valence-electron chi connectivity index (χ4n) is 3.26. The number of amides is 1. The molecule has 0 aliphatic carbocycles. The molecule has 1 aliphatic heterocycles. The van der Waals surface area contributed by atoms with Crippen LogP contribution in [0, 0.1) is 0 Å². The van der Waals surface area contributed by atoms with Crippen LogP contribution in [0.5, 0.6) is 0 Å². The lowest BCUT2D eigenvalue weighted by Crippen LogP contribution is -2.50. The molecule has 2 aromatic carbocycles. The fraction of sp³-hybridized carbons (Fsp3) is 0.350. The van der Waals surface area contributed by atoms with Crippen LogP contribution in [0.3, 0.4) is 0 Å². The van der Waals surface area contributed by atoms with Gasteiger partial charge in [-0.1, -0.05) is 41.9 Å². The molecule has 0 atom stereocenters. The summed E-state index contributed by atoms with van der Waals surface area (Å²) in [7, 11) is -4.13. The van der Waals surface area contributed by atoms with E-state index >= 15 is 0 Å². The Morgan fingerprint density at radius 1 is 1.00 bits per heavy atom. The molecule has 0 bridgehead atoms.